The molecule has 0 aromatic heterocycles. The lowest BCUT2D eigenvalue weighted by molar-refractivity contribution is -0.116. The quantitative estimate of drug-likeness (QED) is 0.690. The van der Waals surface area contributed by atoms with E-state index in [1.807, 2.05) is 24.3 Å². The average Bonchev–Trinajstić information content (AvgIpc) is 2.75. The summed E-state index contributed by atoms with van der Waals surface area (Å²) >= 11 is 5.83. The fourth-order valence-corrected chi connectivity index (χ4v) is 3.45. The van der Waals surface area contributed by atoms with Crippen LogP contribution in [0.15, 0.2) is 53.5 Å². The second kappa shape index (κ2) is 10.3. The topological polar surface area (TPSA) is 73.8 Å². The van der Waals surface area contributed by atoms with E-state index in [2.05, 4.69) is 34.4 Å². The first-order valence-corrected chi connectivity index (χ1v) is 10.6. The molecule has 0 radical (unpaired) electrons. The average molecular weight is 427 g/mol. The molecular formula is C23H27ClN4O2. The summed E-state index contributed by atoms with van der Waals surface area (Å²) in [6.45, 7) is 6.35. The van der Waals surface area contributed by atoms with Crippen LogP contribution in [-0.4, -0.2) is 37.3 Å². The monoisotopic (exact) mass is 426 g/mol. The molecule has 7 heteroatoms. The Hall–Kier alpha value is -2.86. The highest BCUT2D eigenvalue weighted by atomic mass is 35.5. The van der Waals surface area contributed by atoms with E-state index in [4.69, 9.17) is 11.6 Å². The zero-order valence-corrected chi connectivity index (χ0v) is 18.1. The van der Waals surface area contributed by atoms with Crippen molar-refractivity contribution >= 4 is 40.6 Å². The lowest BCUT2D eigenvalue weighted by Gasteiger charge is -2.31. The minimum atomic E-state index is -0.197. The van der Waals surface area contributed by atoms with E-state index in [-0.39, 0.29) is 24.8 Å². The Morgan fingerprint density at radius 3 is 2.47 bits per heavy atom. The van der Waals surface area contributed by atoms with Crippen LogP contribution >= 0.6 is 11.6 Å². The lowest BCUT2D eigenvalue weighted by Crippen LogP contribution is -2.38. The van der Waals surface area contributed by atoms with E-state index in [9.17, 15) is 9.59 Å². The summed E-state index contributed by atoms with van der Waals surface area (Å²) in [5.74, 6) is 1.08. The molecule has 0 unspecified atom stereocenters. The van der Waals surface area contributed by atoms with Crippen molar-refractivity contribution in [3.63, 3.8) is 0 Å². The highest BCUT2D eigenvalue weighted by Gasteiger charge is 2.20. The first-order chi connectivity index (χ1) is 14.4. The van der Waals surface area contributed by atoms with Crippen LogP contribution in [0.1, 0.15) is 37.0 Å². The molecule has 0 bridgehead atoms. The molecule has 1 aliphatic heterocycles. The summed E-state index contributed by atoms with van der Waals surface area (Å²) in [6, 6.07) is 14.4. The number of nitrogens with one attached hydrogen (secondary N) is 2. The fourth-order valence-electron chi connectivity index (χ4n) is 3.32. The van der Waals surface area contributed by atoms with E-state index in [0.717, 1.165) is 31.0 Å². The van der Waals surface area contributed by atoms with Crippen LogP contribution < -0.4 is 15.5 Å². The second-order valence-corrected chi connectivity index (χ2v) is 7.94. The predicted octanol–water partition coefficient (Wildman–Crippen LogP) is 4.36. The van der Waals surface area contributed by atoms with Gasteiger partial charge in [0.2, 0.25) is 5.91 Å². The zero-order chi connectivity index (χ0) is 21.5. The Kier molecular flexibility index (Phi) is 7.46. The summed E-state index contributed by atoms with van der Waals surface area (Å²) in [5, 5.41) is 6.18. The number of amides is 2. The normalized spacial score (nSPS) is 13.7. The first kappa shape index (κ1) is 21.8. The molecule has 0 saturated carbocycles. The zero-order valence-electron chi connectivity index (χ0n) is 17.3. The van der Waals surface area contributed by atoms with E-state index < -0.39 is 0 Å². The molecule has 3 rings (SSSR count). The van der Waals surface area contributed by atoms with Gasteiger partial charge in [-0.05, 0) is 55.0 Å². The molecule has 2 aromatic rings. The summed E-state index contributed by atoms with van der Waals surface area (Å²) in [6.07, 6.45) is 1.21. The maximum atomic E-state index is 12.4. The SMILES string of the molecule is CC(C)C1=NCCCN1c1ccc(C(=O)NCCC(=O)Nc2ccc(Cl)cc2)cc1. The van der Waals surface area contributed by atoms with Gasteiger partial charge in [0, 0.05) is 53.9 Å². The van der Waals surface area contributed by atoms with Crippen LogP contribution in [0.4, 0.5) is 11.4 Å². The Bertz CT molecular complexity index is 908. The van der Waals surface area contributed by atoms with Crippen molar-refractivity contribution in [2.75, 3.05) is 29.9 Å². The number of carbonyl (C=O) groups excluding carboxylic acids is 2. The molecule has 30 heavy (non-hydrogen) atoms. The van der Waals surface area contributed by atoms with Gasteiger partial charge < -0.3 is 15.5 Å². The molecule has 6 nitrogen and oxygen atoms in total. The largest absolute Gasteiger partial charge is 0.352 e. The molecule has 0 aliphatic carbocycles. The maximum Gasteiger partial charge on any atom is 0.251 e. The van der Waals surface area contributed by atoms with Gasteiger partial charge in [0.15, 0.2) is 0 Å². The number of amidine groups is 1. The summed E-state index contributed by atoms with van der Waals surface area (Å²) in [5.41, 5.74) is 2.28. The minimum Gasteiger partial charge on any atom is -0.352 e. The molecule has 0 spiro atoms. The van der Waals surface area contributed by atoms with Crippen molar-refractivity contribution < 1.29 is 9.59 Å². The molecular weight excluding hydrogens is 400 g/mol. The van der Waals surface area contributed by atoms with Crippen LogP contribution in [0, 0.1) is 5.92 Å². The summed E-state index contributed by atoms with van der Waals surface area (Å²) in [7, 11) is 0. The molecule has 0 saturated heterocycles. The third kappa shape index (κ3) is 5.83. The molecule has 1 heterocycles. The van der Waals surface area contributed by atoms with Crippen LogP contribution in [0.5, 0.6) is 0 Å². The number of aliphatic imine (C=N–C) groups is 1. The standard InChI is InChI=1S/C23H27ClN4O2/c1-16(2)22-25-13-3-15-28(22)20-10-4-17(5-11-20)23(30)26-14-12-21(29)27-19-8-6-18(24)7-9-19/h4-11,16H,3,12-15H2,1-2H3,(H,26,30)(H,27,29). The molecule has 158 valence electrons. The smallest absolute Gasteiger partial charge is 0.251 e. The molecule has 2 amide bonds. The third-order valence-corrected chi connectivity index (χ3v) is 5.07. The van der Waals surface area contributed by atoms with Gasteiger partial charge in [0.05, 0.1) is 0 Å². The van der Waals surface area contributed by atoms with Crippen molar-refractivity contribution in [2.24, 2.45) is 10.9 Å². The van der Waals surface area contributed by atoms with Gasteiger partial charge in [0.1, 0.15) is 5.84 Å². The Morgan fingerprint density at radius 2 is 1.80 bits per heavy atom. The van der Waals surface area contributed by atoms with Crippen LogP contribution in [0.3, 0.4) is 0 Å². The Labute approximate surface area is 182 Å². The first-order valence-electron chi connectivity index (χ1n) is 10.2. The van der Waals surface area contributed by atoms with Gasteiger partial charge in [-0.3, -0.25) is 14.6 Å². The highest BCUT2D eigenvalue weighted by Crippen LogP contribution is 2.21. The molecule has 0 fully saturated rings. The summed E-state index contributed by atoms with van der Waals surface area (Å²) in [4.78, 5) is 31.3. The van der Waals surface area contributed by atoms with Crippen molar-refractivity contribution in [3.8, 4) is 0 Å². The fraction of sp³-hybridized carbons (Fsp3) is 0.348. The number of carbonyl (C=O) groups is 2. The number of rotatable bonds is 7. The van der Waals surface area contributed by atoms with Gasteiger partial charge in [-0.15, -0.1) is 0 Å². The third-order valence-electron chi connectivity index (χ3n) is 4.81. The Morgan fingerprint density at radius 1 is 1.10 bits per heavy atom. The minimum absolute atomic E-state index is 0.168. The summed E-state index contributed by atoms with van der Waals surface area (Å²) < 4.78 is 0. The van der Waals surface area contributed by atoms with Gasteiger partial charge in [-0.2, -0.15) is 0 Å². The number of hydrogen-bond acceptors (Lipinski definition) is 4. The molecule has 2 N–H and O–H groups in total. The van der Waals surface area contributed by atoms with Crippen molar-refractivity contribution in [1.29, 1.82) is 0 Å². The predicted molar refractivity (Wildman–Crippen MR) is 123 cm³/mol. The van der Waals surface area contributed by atoms with E-state index >= 15 is 0 Å². The second-order valence-electron chi connectivity index (χ2n) is 7.51. The van der Waals surface area contributed by atoms with Crippen LogP contribution in [0.2, 0.25) is 5.02 Å². The van der Waals surface area contributed by atoms with Crippen molar-refractivity contribution in [2.45, 2.75) is 26.7 Å². The number of nitrogens with zero attached hydrogens (tertiary/aromatic N) is 2. The number of anilines is 2. The van der Waals surface area contributed by atoms with E-state index in [1.54, 1.807) is 24.3 Å². The van der Waals surface area contributed by atoms with Crippen LogP contribution in [-0.2, 0) is 4.79 Å². The molecule has 2 aromatic carbocycles. The van der Waals surface area contributed by atoms with Crippen molar-refractivity contribution in [3.05, 3.63) is 59.1 Å². The number of halogens is 1. The highest BCUT2D eigenvalue weighted by molar-refractivity contribution is 6.30. The lowest BCUT2D eigenvalue weighted by atomic mass is 10.1. The van der Waals surface area contributed by atoms with Gasteiger partial charge in [0.25, 0.3) is 5.91 Å². The maximum absolute atomic E-state index is 12.4. The molecule has 1 aliphatic rings. The van der Waals surface area contributed by atoms with E-state index in [1.165, 1.54) is 0 Å². The molecule has 0 atom stereocenters. The van der Waals surface area contributed by atoms with Gasteiger partial charge >= 0.3 is 0 Å². The van der Waals surface area contributed by atoms with Crippen LogP contribution in [0.25, 0.3) is 0 Å². The van der Waals surface area contributed by atoms with E-state index in [0.29, 0.717) is 22.2 Å². The van der Waals surface area contributed by atoms with Crippen molar-refractivity contribution in [1.82, 2.24) is 5.32 Å². The van der Waals surface area contributed by atoms with Gasteiger partial charge in [-0.1, -0.05) is 25.4 Å². The Balaban J connectivity index is 1.50. The number of benzene rings is 2. The number of hydrogen-bond donors (Lipinski definition) is 2. The van der Waals surface area contributed by atoms with Gasteiger partial charge in [-0.25, -0.2) is 0 Å².